The van der Waals surface area contributed by atoms with Crippen LogP contribution in [0.5, 0.6) is 0 Å². The van der Waals surface area contributed by atoms with Gasteiger partial charge in [-0.25, -0.2) is 0 Å². The van der Waals surface area contributed by atoms with Crippen LogP contribution in [-0.2, 0) is 4.79 Å². The molecule has 4 atom stereocenters. The summed E-state index contributed by atoms with van der Waals surface area (Å²) in [6.45, 7) is 7.01. The zero-order valence-corrected chi connectivity index (χ0v) is 12.1. The van der Waals surface area contributed by atoms with Crippen molar-refractivity contribution in [1.29, 1.82) is 0 Å². The van der Waals surface area contributed by atoms with Crippen molar-refractivity contribution in [2.45, 2.75) is 65.7 Å². The van der Waals surface area contributed by atoms with Crippen LogP contribution >= 0.6 is 0 Å². The molecule has 4 bridgehead atoms. The monoisotopic (exact) mass is 246 g/mol. The number of Topliss-reactive ketones (excluding diaryl/α,β-unsaturated/α-hetero) is 1. The summed E-state index contributed by atoms with van der Waals surface area (Å²) in [5, 5.41) is 0. The van der Waals surface area contributed by atoms with Gasteiger partial charge in [-0.05, 0) is 48.3 Å². The van der Waals surface area contributed by atoms with E-state index in [1.165, 1.54) is 44.9 Å². The molecule has 6 aliphatic rings. The quantitative estimate of drug-likeness (QED) is 0.626. The van der Waals surface area contributed by atoms with E-state index >= 15 is 0 Å². The summed E-state index contributed by atoms with van der Waals surface area (Å²) in [6, 6.07) is 0. The van der Waals surface area contributed by atoms with Crippen LogP contribution in [0, 0.1) is 34.0 Å². The molecule has 0 N–H and O–H groups in total. The lowest BCUT2D eigenvalue weighted by Gasteiger charge is -2.76. The SMILES string of the molecule is CC1(C)[C@H]2C[C@@]3(C)CC4(CCCCC4)C2[C@@H]1C3=O. The number of rotatable bonds is 0. The van der Waals surface area contributed by atoms with Crippen LogP contribution in [0.15, 0.2) is 0 Å². The van der Waals surface area contributed by atoms with Crippen molar-refractivity contribution in [2.75, 3.05) is 0 Å². The van der Waals surface area contributed by atoms with E-state index in [4.69, 9.17) is 0 Å². The van der Waals surface area contributed by atoms with Gasteiger partial charge < -0.3 is 0 Å². The molecule has 0 aliphatic heterocycles. The summed E-state index contributed by atoms with van der Waals surface area (Å²) < 4.78 is 0. The van der Waals surface area contributed by atoms with Crippen molar-refractivity contribution < 1.29 is 4.79 Å². The molecule has 100 valence electrons. The third-order valence-corrected chi connectivity index (χ3v) is 7.40. The van der Waals surface area contributed by atoms with Gasteiger partial charge in [0.25, 0.3) is 0 Å². The Morgan fingerprint density at radius 3 is 2.33 bits per heavy atom. The molecule has 6 fully saturated rings. The second kappa shape index (κ2) is 3.04. The maximum Gasteiger partial charge on any atom is 0.142 e. The van der Waals surface area contributed by atoms with Crippen LogP contribution in [0.25, 0.3) is 0 Å². The van der Waals surface area contributed by atoms with Crippen LogP contribution in [0.1, 0.15) is 65.7 Å². The molecule has 0 saturated heterocycles. The zero-order chi connectivity index (χ0) is 12.8. The van der Waals surface area contributed by atoms with E-state index in [1.807, 2.05) is 0 Å². The van der Waals surface area contributed by atoms with Gasteiger partial charge >= 0.3 is 0 Å². The van der Waals surface area contributed by atoms with E-state index in [0.29, 0.717) is 22.5 Å². The summed E-state index contributed by atoms with van der Waals surface area (Å²) in [5.41, 5.74) is 0.938. The van der Waals surface area contributed by atoms with Crippen molar-refractivity contribution in [3.63, 3.8) is 0 Å². The van der Waals surface area contributed by atoms with Gasteiger partial charge in [0, 0.05) is 11.3 Å². The highest BCUT2D eigenvalue weighted by Gasteiger charge is 2.75. The molecule has 0 heterocycles. The fraction of sp³-hybridized carbons (Fsp3) is 0.941. The highest BCUT2D eigenvalue weighted by molar-refractivity contribution is 5.91. The molecule has 1 heteroatoms. The van der Waals surface area contributed by atoms with Gasteiger partial charge in [0.2, 0.25) is 0 Å². The molecule has 0 aromatic rings. The van der Waals surface area contributed by atoms with Gasteiger partial charge in [-0.1, -0.05) is 40.0 Å². The van der Waals surface area contributed by atoms with E-state index in [9.17, 15) is 4.79 Å². The van der Waals surface area contributed by atoms with Crippen molar-refractivity contribution >= 4 is 5.78 Å². The maximum atomic E-state index is 12.8. The first kappa shape index (κ1) is 11.5. The summed E-state index contributed by atoms with van der Waals surface area (Å²) in [6.07, 6.45) is 9.53. The van der Waals surface area contributed by atoms with Crippen molar-refractivity contribution in [3.8, 4) is 0 Å². The van der Waals surface area contributed by atoms with E-state index in [2.05, 4.69) is 20.8 Å². The third-order valence-electron chi connectivity index (χ3n) is 7.40. The predicted molar refractivity (Wildman–Crippen MR) is 72.1 cm³/mol. The van der Waals surface area contributed by atoms with Gasteiger partial charge in [-0.15, -0.1) is 0 Å². The topological polar surface area (TPSA) is 17.1 Å². The first-order chi connectivity index (χ1) is 8.41. The normalized spacial score (nSPS) is 51.3. The summed E-state index contributed by atoms with van der Waals surface area (Å²) in [4.78, 5) is 12.8. The molecule has 18 heavy (non-hydrogen) atoms. The van der Waals surface area contributed by atoms with Gasteiger partial charge in [-0.2, -0.15) is 0 Å². The van der Waals surface area contributed by atoms with Gasteiger partial charge in [-0.3, -0.25) is 4.79 Å². The van der Waals surface area contributed by atoms with Crippen molar-refractivity contribution in [1.82, 2.24) is 0 Å². The van der Waals surface area contributed by atoms with E-state index < -0.39 is 0 Å². The Hall–Kier alpha value is -0.330. The Bertz CT molecular complexity index is 415. The van der Waals surface area contributed by atoms with Crippen LogP contribution in [0.4, 0.5) is 0 Å². The molecule has 6 saturated carbocycles. The summed E-state index contributed by atoms with van der Waals surface area (Å²) >= 11 is 0. The number of carbonyl (C=O) groups excluding carboxylic acids is 1. The maximum absolute atomic E-state index is 12.8. The van der Waals surface area contributed by atoms with Gasteiger partial charge in [0.15, 0.2) is 0 Å². The third kappa shape index (κ3) is 1.05. The predicted octanol–water partition coefficient (Wildman–Crippen LogP) is 4.21. The molecular weight excluding hydrogens is 220 g/mol. The van der Waals surface area contributed by atoms with Gasteiger partial charge in [0.1, 0.15) is 5.78 Å². The lowest BCUT2D eigenvalue weighted by molar-refractivity contribution is -0.259. The number of carbonyl (C=O) groups is 1. The molecule has 0 radical (unpaired) electrons. The molecular formula is C17H26O. The molecule has 1 nitrogen and oxygen atoms in total. The largest absolute Gasteiger partial charge is 0.299 e. The Kier molecular flexibility index (Phi) is 1.94. The zero-order valence-electron chi connectivity index (χ0n) is 12.1. The van der Waals surface area contributed by atoms with E-state index in [0.717, 1.165) is 11.8 Å². The standard InChI is InChI=1S/C17H26O/c1-15(2)11-9-16(3)10-17(7-5-4-6-8-17)12(11)13(15)14(16)18/h11-13H,4-10H2,1-3H3/t11-,12?,13+,16-/m0/s1. The molecule has 6 aliphatic carbocycles. The van der Waals surface area contributed by atoms with Crippen LogP contribution < -0.4 is 0 Å². The van der Waals surface area contributed by atoms with E-state index in [1.54, 1.807) is 0 Å². The average molecular weight is 246 g/mol. The lowest BCUT2D eigenvalue weighted by Crippen LogP contribution is -2.74. The van der Waals surface area contributed by atoms with Crippen molar-refractivity contribution in [3.05, 3.63) is 0 Å². The molecule has 0 aromatic carbocycles. The minimum Gasteiger partial charge on any atom is -0.299 e. The minimum absolute atomic E-state index is 0.0525. The molecule has 0 amide bonds. The lowest BCUT2D eigenvalue weighted by atomic mass is 9.27. The van der Waals surface area contributed by atoms with Crippen LogP contribution in [0.2, 0.25) is 0 Å². The molecule has 6 rings (SSSR count). The second-order valence-electron chi connectivity index (χ2n) is 8.66. The number of hydrogen-bond acceptors (Lipinski definition) is 1. The minimum atomic E-state index is 0.0525. The van der Waals surface area contributed by atoms with Gasteiger partial charge in [0.05, 0.1) is 0 Å². The Labute approximate surface area is 111 Å². The Morgan fingerprint density at radius 1 is 1.06 bits per heavy atom. The summed E-state index contributed by atoms with van der Waals surface area (Å²) in [5.74, 6) is 2.66. The van der Waals surface area contributed by atoms with Crippen LogP contribution in [-0.4, -0.2) is 5.78 Å². The molecule has 1 spiro atoms. The van der Waals surface area contributed by atoms with Crippen molar-refractivity contribution in [2.24, 2.45) is 34.0 Å². The Morgan fingerprint density at radius 2 is 1.72 bits per heavy atom. The summed E-state index contributed by atoms with van der Waals surface area (Å²) in [7, 11) is 0. The Balaban J connectivity index is 1.78. The molecule has 0 aromatic heterocycles. The molecule has 1 unspecified atom stereocenters. The fourth-order valence-corrected chi connectivity index (χ4v) is 6.72. The highest BCUT2D eigenvalue weighted by atomic mass is 16.1. The number of ketones is 1. The fourth-order valence-electron chi connectivity index (χ4n) is 6.72. The smallest absolute Gasteiger partial charge is 0.142 e. The van der Waals surface area contributed by atoms with E-state index in [-0.39, 0.29) is 5.41 Å². The number of hydrogen-bond donors (Lipinski definition) is 0. The first-order valence-electron chi connectivity index (χ1n) is 7.95. The van der Waals surface area contributed by atoms with Crippen LogP contribution in [0.3, 0.4) is 0 Å². The first-order valence-corrected chi connectivity index (χ1v) is 7.95. The highest BCUT2D eigenvalue weighted by Crippen LogP contribution is 2.78. The second-order valence-corrected chi connectivity index (χ2v) is 8.66. The average Bonchev–Trinajstić information content (AvgIpc) is 2.31.